The van der Waals surface area contributed by atoms with E-state index in [4.69, 9.17) is 10.5 Å². The van der Waals surface area contributed by atoms with Crippen LogP contribution in [0.15, 0.2) is 48.5 Å². The number of carbonyl (C=O) groups is 1. The van der Waals surface area contributed by atoms with E-state index < -0.39 is 5.54 Å². The molecular formula is C18H21ClN2O2. The topological polar surface area (TPSA) is 64.3 Å². The van der Waals surface area contributed by atoms with Crippen LogP contribution >= 0.6 is 12.4 Å². The third kappa shape index (κ3) is 4.03. The summed E-state index contributed by atoms with van der Waals surface area (Å²) in [4.78, 5) is 11.8. The molecule has 1 aliphatic rings. The summed E-state index contributed by atoms with van der Waals surface area (Å²) in [5.41, 5.74) is 8.58. The van der Waals surface area contributed by atoms with E-state index in [1.807, 2.05) is 36.4 Å². The second kappa shape index (κ2) is 7.02. The number of benzene rings is 2. The van der Waals surface area contributed by atoms with Crippen molar-refractivity contribution in [3.05, 3.63) is 54.1 Å². The normalized spacial score (nSPS) is 14.5. The van der Waals surface area contributed by atoms with Crippen molar-refractivity contribution < 1.29 is 9.53 Å². The van der Waals surface area contributed by atoms with E-state index >= 15 is 0 Å². The molecule has 2 aromatic carbocycles. The number of hydrogen-bond acceptors (Lipinski definition) is 3. The molecule has 122 valence electrons. The number of halogens is 1. The Morgan fingerprint density at radius 2 is 1.61 bits per heavy atom. The molecule has 0 unspecified atom stereocenters. The summed E-state index contributed by atoms with van der Waals surface area (Å²) in [5.74, 6) is 0.797. The Kier molecular flexibility index (Phi) is 5.29. The molecule has 1 saturated carbocycles. The van der Waals surface area contributed by atoms with Crippen LogP contribution in [-0.2, 0) is 11.3 Å². The highest BCUT2D eigenvalue weighted by Gasteiger charge is 2.45. The van der Waals surface area contributed by atoms with Crippen LogP contribution in [0.1, 0.15) is 18.4 Å². The van der Waals surface area contributed by atoms with Crippen molar-refractivity contribution in [2.24, 2.45) is 5.73 Å². The number of carbonyl (C=O) groups excluding carboxylic acids is 1. The number of methoxy groups -OCH3 is 1. The van der Waals surface area contributed by atoms with Crippen molar-refractivity contribution in [3.8, 4) is 16.9 Å². The highest BCUT2D eigenvalue weighted by Crippen LogP contribution is 2.32. The Labute approximate surface area is 142 Å². The van der Waals surface area contributed by atoms with Crippen LogP contribution < -0.4 is 15.8 Å². The molecule has 0 aromatic heterocycles. The number of nitrogens with two attached hydrogens (primary N) is 1. The lowest BCUT2D eigenvalue weighted by Gasteiger charge is -2.10. The molecule has 0 radical (unpaired) electrons. The van der Waals surface area contributed by atoms with Gasteiger partial charge in [0, 0.05) is 6.54 Å². The van der Waals surface area contributed by atoms with Crippen LogP contribution in [0.3, 0.4) is 0 Å². The first kappa shape index (κ1) is 17.3. The molecule has 3 N–H and O–H groups in total. The molecule has 0 bridgehead atoms. The van der Waals surface area contributed by atoms with Gasteiger partial charge in [-0.2, -0.15) is 0 Å². The molecule has 2 aromatic rings. The highest BCUT2D eigenvalue weighted by atomic mass is 35.5. The zero-order valence-corrected chi connectivity index (χ0v) is 13.9. The lowest BCUT2D eigenvalue weighted by atomic mass is 10.0. The maximum absolute atomic E-state index is 11.8. The number of ether oxygens (including phenoxy) is 1. The number of rotatable bonds is 5. The smallest absolute Gasteiger partial charge is 0.240 e. The molecule has 1 fully saturated rings. The molecule has 23 heavy (non-hydrogen) atoms. The van der Waals surface area contributed by atoms with Gasteiger partial charge in [-0.15, -0.1) is 12.4 Å². The fourth-order valence-corrected chi connectivity index (χ4v) is 2.32. The standard InChI is InChI=1S/C18H20N2O2.ClH/c1-22-16-8-6-15(7-9-16)14-4-2-13(3-5-14)12-20-17(21)18(19)10-11-18;/h2-9H,10-12,19H2,1H3,(H,20,21);1H. The first-order chi connectivity index (χ1) is 10.6. The summed E-state index contributed by atoms with van der Waals surface area (Å²) in [6.45, 7) is 0.515. The summed E-state index contributed by atoms with van der Waals surface area (Å²) in [6, 6.07) is 16.1. The van der Waals surface area contributed by atoms with Gasteiger partial charge in [0.1, 0.15) is 5.75 Å². The van der Waals surface area contributed by atoms with Crippen LogP contribution in [0.25, 0.3) is 11.1 Å². The van der Waals surface area contributed by atoms with Crippen LogP contribution in [-0.4, -0.2) is 18.6 Å². The van der Waals surface area contributed by atoms with Gasteiger partial charge in [-0.1, -0.05) is 36.4 Å². The largest absolute Gasteiger partial charge is 0.497 e. The first-order valence-electron chi connectivity index (χ1n) is 7.41. The summed E-state index contributed by atoms with van der Waals surface area (Å²) >= 11 is 0. The average molecular weight is 333 g/mol. The second-order valence-corrected chi connectivity index (χ2v) is 5.76. The van der Waals surface area contributed by atoms with Gasteiger partial charge in [-0.25, -0.2) is 0 Å². The Balaban J connectivity index is 0.00000192. The van der Waals surface area contributed by atoms with Crippen molar-refractivity contribution in [2.45, 2.75) is 24.9 Å². The predicted octanol–water partition coefficient (Wildman–Crippen LogP) is 2.89. The fraction of sp³-hybridized carbons (Fsp3) is 0.278. The monoisotopic (exact) mass is 332 g/mol. The van der Waals surface area contributed by atoms with Crippen LogP contribution in [0.2, 0.25) is 0 Å². The molecule has 4 nitrogen and oxygen atoms in total. The summed E-state index contributed by atoms with van der Waals surface area (Å²) in [7, 11) is 1.66. The predicted molar refractivity (Wildman–Crippen MR) is 93.7 cm³/mol. The van der Waals surface area contributed by atoms with Crippen molar-refractivity contribution in [1.82, 2.24) is 5.32 Å². The van der Waals surface area contributed by atoms with Gasteiger partial charge in [0.15, 0.2) is 0 Å². The van der Waals surface area contributed by atoms with E-state index in [9.17, 15) is 4.79 Å². The SMILES string of the molecule is COc1ccc(-c2ccc(CNC(=O)C3(N)CC3)cc2)cc1.Cl. The van der Waals surface area contributed by atoms with Gasteiger partial charge in [-0.05, 0) is 41.7 Å². The number of amides is 1. The number of hydrogen-bond donors (Lipinski definition) is 2. The van der Waals surface area contributed by atoms with Crippen molar-refractivity contribution in [3.63, 3.8) is 0 Å². The Bertz CT molecular complexity index is 664. The van der Waals surface area contributed by atoms with Crippen molar-refractivity contribution in [2.75, 3.05) is 7.11 Å². The molecule has 1 amide bonds. The van der Waals surface area contributed by atoms with E-state index in [2.05, 4.69) is 17.4 Å². The molecule has 0 heterocycles. The summed E-state index contributed by atoms with van der Waals surface area (Å²) in [5, 5.41) is 2.90. The van der Waals surface area contributed by atoms with Crippen molar-refractivity contribution >= 4 is 18.3 Å². The molecule has 0 spiro atoms. The quantitative estimate of drug-likeness (QED) is 0.885. The lowest BCUT2D eigenvalue weighted by Crippen LogP contribution is -2.42. The zero-order valence-electron chi connectivity index (χ0n) is 13.0. The Morgan fingerprint density at radius 3 is 2.09 bits per heavy atom. The Hall–Kier alpha value is -2.04. The van der Waals surface area contributed by atoms with E-state index in [-0.39, 0.29) is 18.3 Å². The van der Waals surface area contributed by atoms with Gasteiger partial charge in [0.2, 0.25) is 5.91 Å². The minimum Gasteiger partial charge on any atom is -0.497 e. The third-order valence-corrected chi connectivity index (χ3v) is 4.07. The van der Waals surface area contributed by atoms with Crippen LogP contribution in [0, 0.1) is 0 Å². The van der Waals surface area contributed by atoms with E-state index in [0.717, 1.165) is 35.3 Å². The van der Waals surface area contributed by atoms with Crippen molar-refractivity contribution in [1.29, 1.82) is 0 Å². The van der Waals surface area contributed by atoms with Gasteiger partial charge in [-0.3, -0.25) is 4.79 Å². The lowest BCUT2D eigenvalue weighted by molar-refractivity contribution is -0.123. The zero-order chi connectivity index (χ0) is 15.6. The fourth-order valence-electron chi connectivity index (χ4n) is 2.32. The van der Waals surface area contributed by atoms with E-state index in [0.29, 0.717) is 6.54 Å². The first-order valence-corrected chi connectivity index (χ1v) is 7.41. The minimum absolute atomic E-state index is 0. The van der Waals surface area contributed by atoms with Gasteiger partial charge >= 0.3 is 0 Å². The average Bonchev–Trinajstić information content (AvgIpc) is 3.32. The highest BCUT2D eigenvalue weighted by molar-refractivity contribution is 5.88. The van der Waals surface area contributed by atoms with E-state index in [1.54, 1.807) is 7.11 Å². The molecule has 1 aliphatic carbocycles. The molecule has 0 atom stereocenters. The molecule has 0 saturated heterocycles. The maximum atomic E-state index is 11.8. The molecule has 0 aliphatic heterocycles. The molecule has 3 rings (SSSR count). The van der Waals surface area contributed by atoms with Crippen LogP contribution in [0.4, 0.5) is 0 Å². The summed E-state index contributed by atoms with van der Waals surface area (Å²) < 4.78 is 5.16. The number of nitrogens with one attached hydrogen (secondary N) is 1. The summed E-state index contributed by atoms with van der Waals surface area (Å²) in [6.07, 6.45) is 1.57. The molecule has 5 heteroatoms. The van der Waals surface area contributed by atoms with Gasteiger partial charge in [0.05, 0.1) is 12.6 Å². The maximum Gasteiger partial charge on any atom is 0.240 e. The van der Waals surface area contributed by atoms with Gasteiger partial charge in [0.25, 0.3) is 0 Å². The second-order valence-electron chi connectivity index (χ2n) is 5.76. The van der Waals surface area contributed by atoms with Crippen LogP contribution in [0.5, 0.6) is 5.75 Å². The Morgan fingerprint density at radius 1 is 1.09 bits per heavy atom. The van der Waals surface area contributed by atoms with E-state index in [1.165, 1.54) is 0 Å². The van der Waals surface area contributed by atoms with Gasteiger partial charge < -0.3 is 15.8 Å². The molecular weight excluding hydrogens is 312 g/mol. The third-order valence-electron chi connectivity index (χ3n) is 4.07. The minimum atomic E-state index is -0.608.